The van der Waals surface area contributed by atoms with E-state index in [9.17, 15) is 18.3 Å². The Balaban J connectivity index is 2.42. The fourth-order valence-electron chi connectivity index (χ4n) is 1.74. The first kappa shape index (κ1) is 14.7. The number of hydrogen-bond donors (Lipinski definition) is 1. The summed E-state index contributed by atoms with van der Waals surface area (Å²) in [6.45, 7) is 1.73. The van der Waals surface area contributed by atoms with Gasteiger partial charge in [0.15, 0.2) is 0 Å². The van der Waals surface area contributed by atoms with Gasteiger partial charge in [-0.15, -0.1) is 0 Å². The standard InChI is InChI=1S/C13H10ClF3N2O/c1-7-3-2-6-18-10(7)11(20)8-4-5-9(13(15,16)17)19-12(8)14/h2-6,11,20H,1H3. The van der Waals surface area contributed by atoms with Gasteiger partial charge in [0.2, 0.25) is 0 Å². The Bertz CT molecular complexity index is 631. The van der Waals surface area contributed by atoms with Crippen LogP contribution >= 0.6 is 11.6 Å². The van der Waals surface area contributed by atoms with Gasteiger partial charge in [0, 0.05) is 11.8 Å². The molecule has 3 nitrogen and oxygen atoms in total. The summed E-state index contributed by atoms with van der Waals surface area (Å²) in [6.07, 6.45) is -4.32. The Kier molecular flexibility index (Phi) is 3.96. The molecule has 0 saturated heterocycles. The lowest BCUT2D eigenvalue weighted by Gasteiger charge is -2.15. The first-order chi connectivity index (χ1) is 9.30. The van der Waals surface area contributed by atoms with Crippen LogP contribution in [0.2, 0.25) is 5.15 Å². The molecular weight excluding hydrogens is 293 g/mol. The first-order valence-corrected chi connectivity index (χ1v) is 6.01. The molecule has 1 atom stereocenters. The molecule has 7 heteroatoms. The average Bonchev–Trinajstić information content (AvgIpc) is 2.37. The van der Waals surface area contributed by atoms with Crippen molar-refractivity contribution in [2.75, 3.05) is 0 Å². The Hall–Kier alpha value is -1.66. The first-order valence-electron chi connectivity index (χ1n) is 5.64. The molecule has 0 amide bonds. The van der Waals surface area contributed by atoms with Crippen LogP contribution in [0.4, 0.5) is 13.2 Å². The normalized spacial score (nSPS) is 13.3. The Labute approximate surface area is 118 Å². The van der Waals surface area contributed by atoms with Crippen LogP contribution in [-0.2, 0) is 6.18 Å². The van der Waals surface area contributed by atoms with Gasteiger partial charge in [0.05, 0.1) is 5.69 Å². The van der Waals surface area contributed by atoms with Crippen LogP contribution in [0.1, 0.15) is 28.6 Å². The van der Waals surface area contributed by atoms with Crippen molar-refractivity contribution < 1.29 is 18.3 Å². The summed E-state index contributed by atoms with van der Waals surface area (Å²) in [6, 6.07) is 5.31. The second-order valence-corrected chi connectivity index (χ2v) is 4.54. The number of aromatic nitrogens is 2. The maximum atomic E-state index is 12.5. The van der Waals surface area contributed by atoms with E-state index in [2.05, 4.69) is 9.97 Å². The van der Waals surface area contributed by atoms with E-state index in [0.29, 0.717) is 11.3 Å². The zero-order valence-corrected chi connectivity index (χ0v) is 11.1. The maximum Gasteiger partial charge on any atom is 0.433 e. The van der Waals surface area contributed by atoms with Gasteiger partial charge < -0.3 is 5.11 Å². The fraction of sp³-hybridized carbons (Fsp3) is 0.231. The predicted octanol–water partition coefficient (Wildman–Crippen LogP) is 3.54. The molecule has 1 unspecified atom stereocenters. The molecule has 2 aromatic rings. The van der Waals surface area contributed by atoms with Crippen molar-refractivity contribution in [3.63, 3.8) is 0 Å². The van der Waals surface area contributed by atoms with Gasteiger partial charge in [-0.1, -0.05) is 23.7 Å². The van der Waals surface area contributed by atoms with Crippen molar-refractivity contribution >= 4 is 11.6 Å². The minimum absolute atomic E-state index is 0.0847. The molecule has 0 aromatic carbocycles. The van der Waals surface area contributed by atoms with Gasteiger partial charge in [0.25, 0.3) is 0 Å². The van der Waals surface area contributed by atoms with Crippen LogP contribution in [-0.4, -0.2) is 15.1 Å². The molecule has 106 valence electrons. The van der Waals surface area contributed by atoms with E-state index in [1.807, 2.05) is 0 Å². The number of hydrogen-bond acceptors (Lipinski definition) is 3. The van der Waals surface area contributed by atoms with Crippen LogP contribution in [0.5, 0.6) is 0 Å². The van der Waals surface area contributed by atoms with Crippen molar-refractivity contribution in [3.8, 4) is 0 Å². The van der Waals surface area contributed by atoms with E-state index in [0.717, 1.165) is 12.1 Å². The van der Waals surface area contributed by atoms with Crippen molar-refractivity contribution in [2.45, 2.75) is 19.2 Å². The van der Waals surface area contributed by atoms with E-state index >= 15 is 0 Å². The van der Waals surface area contributed by atoms with Gasteiger partial charge in [-0.3, -0.25) is 4.98 Å². The fourth-order valence-corrected chi connectivity index (χ4v) is 2.00. The van der Waals surface area contributed by atoms with Crippen LogP contribution in [0.25, 0.3) is 0 Å². The predicted molar refractivity (Wildman–Crippen MR) is 67.3 cm³/mol. The SMILES string of the molecule is Cc1cccnc1C(O)c1ccc(C(F)(F)F)nc1Cl. The molecule has 0 fully saturated rings. The van der Waals surface area contributed by atoms with E-state index in [-0.39, 0.29) is 5.56 Å². The van der Waals surface area contributed by atoms with E-state index in [1.54, 1.807) is 19.1 Å². The van der Waals surface area contributed by atoms with E-state index in [4.69, 9.17) is 11.6 Å². The second kappa shape index (κ2) is 5.38. The molecule has 0 radical (unpaired) electrons. The highest BCUT2D eigenvalue weighted by molar-refractivity contribution is 6.30. The summed E-state index contributed by atoms with van der Waals surface area (Å²) in [4.78, 5) is 7.28. The summed E-state index contributed by atoms with van der Waals surface area (Å²) in [5, 5.41) is 9.79. The molecule has 0 saturated carbocycles. The van der Waals surface area contributed by atoms with E-state index in [1.165, 1.54) is 6.20 Å². The quantitative estimate of drug-likeness (QED) is 0.863. The molecule has 2 aromatic heterocycles. The number of aliphatic hydroxyl groups excluding tert-OH is 1. The van der Waals surface area contributed by atoms with Crippen LogP contribution in [0.15, 0.2) is 30.5 Å². The van der Waals surface area contributed by atoms with Crippen LogP contribution < -0.4 is 0 Å². The number of aryl methyl sites for hydroxylation is 1. The van der Waals surface area contributed by atoms with Crippen LogP contribution in [0.3, 0.4) is 0 Å². The van der Waals surface area contributed by atoms with Crippen LogP contribution in [0, 0.1) is 6.92 Å². The number of rotatable bonds is 2. The highest BCUT2D eigenvalue weighted by Crippen LogP contribution is 2.32. The zero-order valence-electron chi connectivity index (χ0n) is 10.3. The van der Waals surface area contributed by atoms with E-state index < -0.39 is 23.1 Å². The third kappa shape index (κ3) is 2.91. The topological polar surface area (TPSA) is 46.0 Å². The zero-order chi connectivity index (χ0) is 14.9. The van der Waals surface area contributed by atoms with Gasteiger partial charge in [-0.05, 0) is 24.6 Å². The number of aliphatic hydroxyl groups is 1. The molecule has 2 heterocycles. The summed E-state index contributed by atoms with van der Waals surface area (Å²) in [5.41, 5.74) is 0.0181. The summed E-state index contributed by atoms with van der Waals surface area (Å²) in [5.74, 6) is 0. The average molecular weight is 303 g/mol. The molecule has 1 N–H and O–H groups in total. The highest BCUT2D eigenvalue weighted by Gasteiger charge is 2.33. The smallest absolute Gasteiger partial charge is 0.382 e. The summed E-state index contributed by atoms with van der Waals surface area (Å²) < 4.78 is 37.5. The largest absolute Gasteiger partial charge is 0.433 e. The third-order valence-corrected chi connectivity index (χ3v) is 3.07. The third-order valence-electron chi connectivity index (χ3n) is 2.77. The van der Waals surface area contributed by atoms with Crippen molar-refractivity contribution in [1.29, 1.82) is 0 Å². The molecule has 0 aliphatic rings. The molecule has 20 heavy (non-hydrogen) atoms. The summed E-state index contributed by atoms with van der Waals surface area (Å²) >= 11 is 5.73. The maximum absolute atomic E-state index is 12.5. The summed E-state index contributed by atoms with van der Waals surface area (Å²) in [7, 11) is 0. The molecule has 0 aliphatic heterocycles. The molecule has 0 aliphatic carbocycles. The minimum Gasteiger partial charge on any atom is -0.382 e. The Morgan fingerprint density at radius 3 is 2.50 bits per heavy atom. The number of nitrogens with zero attached hydrogens (tertiary/aromatic N) is 2. The van der Waals surface area contributed by atoms with Gasteiger partial charge >= 0.3 is 6.18 Å². The Morgan fingerprint density at radius 2 is 1.95 bits per heavy atom. The monoisotopic (exact) mass is 302 g/mol. The molecular formula is C13H10ClF3N2O. The lowest BCUT2D eigenvalue weighted by atomic mass is 10.0. The van der Waals surface area contributed by atoms with Gasteiger partial charge in [-0.2, -0.15) is 13.2 Å². The lowest BCUT2D eigenvalue weighted by Crippen LogP contribution is -2.11. The molecule has 2 rings (SSSR count). The van der Waals surface area contributed by atoms with Crippen molar-refractivity contribution in [1.82, 2.24) is 9.97 Å². The van der Waals surface area contributed by atoms with Gasteiger partial charge in [-0.25, -0.2) is 4.98 Å². The van der Waals surface area contributed by atoms with Gasteiger partial charge in [0.1, 0.15) is 17.0 Å². The molecule has 0 spiro atoms. The number of alkyl halides is 3. The lowest BCUT2D eigenvalue weighted by molar-refractivity contribution is -0.141. The van der Waals surface area contributed by atoms with Crippen molar-refractivity contribution in [2.24, 2.45) is 0 Å². The highest BCUT2D eigenvalue weighted by atomic mass is 35.5. The number of halogens is 4. The van der Waals surface area contributed by atoms with Crippen molar-refractivity contribution in [3.05, 3.63) is 58.1 Å². The minimum atomic E-state index is -4.58. The Morgan fingerprint density at radius 1 is 1.25 bits per heavy atom. The second-order valence-electron chi connectivity index (χ2n) is 4.18. The number of pyridine rings is 2. The molecule has 0 bridgehead atoms.